The molecule has 0 aliphatic carbocycles. The Labute approximate surface area is 117 Å². The lowest BCUT2D eigenvalue weighted by Gasteiger charge is -2.01. The highest BCUT2D eigenvalue weighted by Gasteiger charge is 1.92. The van der Waals surface area contributed by atoms with E-state index in [1.807, 2.05) is 6.92 Å². The standard InChI is InChI=1S/C10H20O2.C5H10O2/c1-3-4-5-6-7-8-9-12-10(2)11;1-3-4-7-5(2)6/h3-9H2,1-2H3;3-4H2,1-2H3. The van der Waals surface area contributed by atoms with Crippen LogP contribution >= 0.6 is 0 Å². The first kappa shape index (κ1) is 20.3. The number of hydrogen-bond donors (Lipinski definition) is 0. The lowest BCUT2D eigenvalue weighted by Crippen LogP contribution is -1.99. The molecular formula is C15H30O4. The van der Waals surface area contributed by atoms with Crippen molar-refractivity contribution in [3.63, 3.8) is 0 Å². The third-order valence-electron chi connectivity index (χ3n) is 2.31. The molecule has 0 unspecified atom stereocenters. The smallest absolute Gasteiger partial charge is 0.302 e. The number of hydrogen-bond acceptors (Lipinski definition) is 4. The summed E-state index contributed by atoms with van der Waals surface area (Å²) >= 11 is 0. The first-order valence-corrected chi connectivity index (χ1v) is 7.31. The van der Waals surface area contributed by atoms with Gasteiger partial charge in [0.1, 0.15) is 0 Å². The van der Waals surface area contributed by atoms with Crippen LogP contribution in [-0.4, -0.2) is 25.2 Å². The van der Waals surface area contributed by atoms with Gasteiger partial charge in [0.2, 0.25) is 0 Å². The van der Waals surface area contributed by atoms with Crippen molar-refractivity contribution in [3.05, 3.63) is 0 Å². The molecule has 0 bridgehead atoms. The zero-order chi connectivity index (χ0) is 14.9. The van der Waals surface area contributed by atoms with Crippen molar-refractivity contribution >= 4 is 11.9 Å². The van der Waals surface area contributed by atoms with E-state index in [1.165, 1.54) is 46.0 Å². The summed E-state index contributed by atoms with van der Waals surface area (Å²) in [7, 11) is 0. The highest BCUT2D eigenvalue weighted by molar-refractivity contribution is 5.66. The minimum absolute atomic E-state index is 0.163. The van der Waals surface area contributed by atoms with Crippen molar-refractivity contribution in [1.29, 1.82) is 0 Å². The maximum atomic E-state index is 10.4. The van der Waals surface area contributed by atoms with E-state index < -0.39 is 0 Å². The van der Waals surface area contributed by atoms with Gasteiger partial charge in [0.05, 0.1) is 13.2 Å². The van der Waals surface area contributed by atoms with Gasteiger partial charge in [-0.2, -0.15) is 0 Å². The van der Waals surface area contributed by atoms with E-state index in [0.29, 0.717) is 13.2 Å². The van der Waals surface area contributed by atoms with Gasteiger partial charge in [0, 0.05) is 13.8 Å². The Kier molecular flexibility index (Phi) is 18.1. The number of ether oxygens (including phenoxy) is 2. The van der Waals surface area contributed by atoms with Gasteiger partial charge >= 0.3 is 11.9 Å². The summed E-state index contributed by atoms with van der Waals surface area (Å²) in [4.78, 5) is 20.3. The van der Waals surface area contributed by atoms with Crippen LogP contribution < -0.4 is 0 Å². The lowest BCUT2D eigenvalue weighted by molar-refractivity contribution is -0.141. The predicted molar refractivity (Wildman–Crippen MR) is 76.9 cm³/mol. The van der Waals surface area contributed by atoms with Crippen LogP contribution in [-0.2, 0) is 19.1 Å². The average Bonchev–Trinajstić information content (AvgIpc) is 2.35. The number of rotatable bonds is 9. The number of carbonyl (C=O) groups is 2. The molecule has 0 aliphatic heterocycles. The summed E-state index contributed by atoms with van der Waals surface area (Å²) in [6.45, 7) is 8.19. The predicted octanol–water partition coefficient (Wildman–Crippen LogP) is 3.87. The van der Waals surface area contributed by atoms with Crippen molar-refractivity contribution in [2.75, 3.05) is 13.2 Å². The normalized spacial score (nSPS) is 9.26. The molecule has 0 spiro atoms. The molecule has 0 aromatic heterocycles. The minimum atomic E-state index is -0.193. The number of unbranched alkanes of at least 4 members (excludes halogenated alkanes) is 5. The van der Waals surface area contributed by atoms with E-state index in [9.17, 15) is 9.59 Å². The Balaban J connectivity index is 0. The summed E-state index contributed by atoms with van der Waals surface area (Å²) in [6.07, 6.45) is 8.30. The zero-order valence-corrected chi connectivity index (χ0v) is 13.0. The molecule has 0 radical (unpaired) electrons. The molecule has 0 aliphatic rings. The van der Waals surface area contributed by atoms with Crippen LogP contribution in [0.5, 0.6) is 0 Å². The molecule has 0 aromatic rings. The molecule has 0 saturated heterocycles. The molecule has 0 rings (SSSR count). The Morgan fingerprint density at radius 1 is 0.684 bits per heavy atom. The highest BCUT2D eigenvalue weighted by atomic mass is 16.5. The Hall–Kier alpha value is -1.06. The molecular weight excluding hydrogens is 244 g/mol. The lowest BCUT2D eigenvalue weighted by atomic mass is 10.1. The molecule has 0 fully saturated rings. The van der Waals surface area contributed by atoms with Crippen LogP contribution in [0.15, 0.2) is 0 Å². The van der Waals surface area contributed by atoms with Crippen LogP contribution in [0.3, 0.4) is 0 Å². The van der Waals surface area contributed by atoms with E-state index in [0.717, 1.165) is 12.8 Å². The van der Waals surface area contributed by atoms with E-state index >= 15 is 0 Å². The van der Waals surface area contributed by atoms with Crippen molar-refractivity contribution in [2.45, 2.75) is 72.6 Å². The fraction of sp³-hybridized carbons (Fsp3) is 0.867. The quantitative estimate of drug-likeness (QED) is 0.473. The number of esters is 2. The van der Waals surface area contributed by atoms with Crippen LogP contribution in [0.4, 0.5) is 0 Å². The largest absolute Gasteiger partial charge is 0.466 e. The second-order valence-corrected chi connectivity index (χ2v) is 4.45. The van der Waals surface area contributed by atoms with Crippen molar-refractivity contribution < 1.29 is 19.1 Å². The van der Waals surface area contributed by atoms with Gasteiger partial charge in [-0.1, -0.05) is 46.0 Å². The summed E-state index contributed by atoms with van der Waals surface area (Å²) in [6, 6.07) is 0. The monoisotopic (exact) mass is 274 g/mol. The summed E-state index contributed by atoms with van der Waals surface area (Å²) in [5.74, 6) is -0.356. The van der Waals surface area contributed by atoms with Crippen molar-refractivity contribution in [2.24, 2.45) is 0 Å². The molecule has 19 heavy (non-hydrogen) atoms. The maximum absolute atomic E-state index is 10.4. The van der Waals surface area contributed by atoms with Crippen LogP contribution in [0.25, 0.3) is 0 Å². The van der Waals surface area contributed by atoms with Gasteiger partial charge in [-0.3, -0.25) is 9.59 Å². The topological polar surface area (TPSA) is 52.6 Å². The third-order valence-corrected chi connectivity index (χ3v) is 2.31. The second kappa shape index (κ2) is 16.9. The summed E-state index contributed by atoms with van der Waals surface area (Å²) < 4.78 is 9.36. The van der Waals surface area contributed by atoms with E-state index in [1.54, 1.807) is 0 Å². The minimum Gasteiger partial charge on any atom is -0.466 e. The molecule has 0 saturated carbocycles. The van der Waals surface area contributed by atoms with E-state index in [4.69, 9.17) is 4.74 Å². The molecule has 4 heteroatoms. The average molecular weight is 274 g/mol. The van der Waals surface area contributed by atoms with Gasteiger partial charge < -0.3 is 9.47 Å². The Bertz CT molecular complexity index is 214. The molecule has 4 nitrogen and oxygen atoms in total. The van der Waals surface area contributed by atoms with E-state index in [2.05, 4.69) is 11.7 Å². The SMILES string of the molecule is CCCCCCCCOC(C)=O.CCCOC(C)=O. The molecule has 0 amide bonds. The summed E-state index contributed by atoms with van der Waals surface area (Å²) in [5.41, 5.74) is 0. The van der Waals surface area contributed by atoms with Gasteiger partial charge in [0.15, 0.2) is 0 Å². The first-order chi connectivity index (χ1) is 9.04. The fourth-order valence-corrected chi connectivity index (χ4v) is 1.34. The van der Waals surface area contributed by atoms with Gasteiger partial charge in [-0.15, -0.1) is 0 Å². The third kappa shape index (κ3) is 26.5. The van der Waals surface area contributed by atoms with Crippen molar-refractivity contribution in [3.8, 4) is 0 Å². The van der Waals surface area contributed by atoms with E-state index in [-0.39, 0.29) is 11.9 Å². The van der Waals surface area contributed by atoms with Crippen molar-refractivity contribution in [1.82, 2.24) is 0 Å². The molecule has 0 N–H and O–H groups in total. The maximum Gasteiger partial charge on any atom is 0.302 e. The van der Waals surface area contributed by atoms with Gasteiger partial charge in [-0.05, 0) is 12.8 Å². The molecule has 0 atom stereocenters. The van der Waals surface area contributed by atoms with Crippen LogP contribution in [0.1, 0.15) is 72.6 Å². The Morgan fingerprint density at radius 3 is 1.58 bits per heavy atom. The zero-order valence-electron chi connectivity index (χ0n) is 13.0. The fourth-order valence-electron chi connectivity index (χ4n) is 1.34. The van der Waals surface area contributed by atoms with Gasteiger partial charge in [-0.25, -0.2) is 0 Å². The molecule has 114 valence electrons. The number of carbonyl (C=O) groups excluding carboxylic acids is 2. The summed E-state index contributed by atoms with van der Waals surface area (Å²) in [5, 5.41) is 0. The first-order valence-electron chi connectivity index (χ1n) is 7.31. The van der Waals surface area contributed by atoms with Gasteiger partial charge in [0.25, 0.3) is 0 Å². The second-order valence-electron chi connectivity index (χ2n) is 4.45. The van der Waals surface area contributed by atoms with Crippen LogP contribution in [0.2, 0.25) is 0 Å². The highest BCUT2D eigenvalue weighted by Crippen LogP contribution is 2.04. The molecule has 0 aromatic carbocycles. The molecule has 0 heterocycles. The van der Waals surface area contributed by atoms with Crippen LogP contribution in [0, 0.1) is 0 Å². The Morgan fingerprint density at radius 2 is 1.16 bits per heavy atom.